The van der Waals surface area contributed by atoms with Crippen LogP contribution in [0.3, 0.4) is 0 Å². The van der Waals surface area contributed by atoms with Crippen LogP contribution >= 0.6 is 8.96 Å². The van der Waals surface area contributed by atoms with Gasteiger partial charge in [0.25, 0.3) is 8.96 Å². The Kier molecular flexibility index (Phi) is 2.68. The average Bonchev–Trinajstić information content (AvgIpc) is 2.96. The molecule has 6 nitrogen and oxygen atoms in total. The lowest BCUT2D eigenvalue weighted by molar-refractivity contribution is 0.252. The van der Waals surface area contributed by atoms with Gasteiger partial charge >= 0.3 is 0 Å². The van der Waals surface area contributed by atoms with Crippen LogP contribution in [0.15, 0.2) is 18.3 Å². The molecule has 0 N–H and O–H groups in total. The van der Waals surface area contributed by atoms with Gasteiger partial charge in [-0.2, -0.15) is 0 Å². The van der Waals surface area contributed by atoms with E-state index in [2.05, 4.69) is 20.0 Å². The summed E-state index contributed by atoms with van der Waals surface area (Å²) < 4.78 is 7.96. The molecule has 16 heavy (non-hydrogen) atoms. The lowest BCUT2D eigenvalue weighted by atomic mass is 10.4. The van der Waals surface area contributed by atoms with Crippen molar-refractivity contribution in [1.29, 1.82) is 0 Å². The summed E-state index contributed by atoms with van der Waals surface area (Å²) in [5.41, 5.74) is 1.46. The van der Waals surface area contributed by atoms with Gasteiger partial charge in [0.1, 0.15) is 5.52 Å². The van der Waals surface area contributed by atoms with Crippen LogP contribution in [0.4, 0.5) is 0 Å². The Labute approximate surface area is 94.5 Å². The first kappa shape index (κ1) is 9.93. The maximum absolute atomic E-state index is 5.63. The second-order valence-corrected chi connectivity index (χ2v) is 4.91. The summed E-state index contributed by atoms with van der Waals surface area (Å²) in [4.78, 5) is 5.63. The highest BCUT2D eigenvalue weighted by Crippen LogP contribution is 2.22. The standard InChI is InChI=1S/C9H12N5OP/c1-2-7-13(6-1)16-15-14-9-8(11-12-14)4-3-5-10-9/h3-5,16H,1-2,6-7H2/p+1. The fourth-order valence-corrected chi connectivity index (χ4v) is 2.72. The highest BCUT2D eigenvalue weighted by molar-refractivity contribution is 7.29. The van der Waals surface area contributed by atoms with Gasteiger partial charge in [-0.25, -0.2) is 9.61 Å². The van der Waals surface area contributed by atoms with Crippen molar-refractivity contribution in [3.05, 3.63) is 18.3 Å². The molecule has 2 aromatic rings. The number of fused-ring (bicyclic) bond motifs is 1. The van der Waals surface area contributed by atoms with Crippen LogP contribution in [0, 0.1) is 0 Å². The molecule has 0 aliphatic carbocycles. The molecule has 0 amide bonds. The van der Waals surface area contributed by atoms with Crippen molar-refractivity contribution in [2.75, 3.05) is 13.1 Å². The average molecular weight is 238 g/mol. The van der Waals surface area contributed by atoms with E-state index in [1.165, 1.54) is 17.7 Å². The molecule has 84 valence electrons. The minimum Gasteiger partial charge on any atom is -0.232 e. The summed E-state index contributed by atoms with van der Waals surface area (Å²) >= 11 is 0. The van der Waals surface area contributed by atoms with Gasteiger partial charge in [-0.3, -0.25) is 0 Å². The molecule has 0 bridgehead atoms. The van der Waals surface area contributed by atoms with Crippen LogP contribution in [0.5, 0.6) is 0 Å². The van der Waals surface area contributed by atoms with Crippen molar-refractivity contribution in [2.24, 2.45) is 0 Å². The molecule has 7 heteroatoms. The zero-order valence-electron chi connectivity index (χ0n) is 8.78. The van der Waals surface area contributed by atoms with Gasteiger partial charge in [0.05, 0.1) is 0 Å². The first-order valence-corrected chi connectivity index (χ1v) is 6.33. The van der Waals surface area contributed by atoms with Gasteiger partial charge in [0.15, 0.2) is 0 Å². The van der Waals surface area contributed by atoms with E-state index in [1.807, 2.05) is 12.1 Å². The van der Waals surface area contributed by atoms with E-state index in [0.717, 1.165) is 18.6 Å². The molecule has 1 atom stereocenters. The Morgan fingerprint density at radius 2 is 2.19 bits per heavy atom. The number of hydrogen-bond donors (Lipinski definition) is 0. The normalized spacial score (nSPS) is 17.8. The van der Waals surface area contributed by atoms with Crippen molar-refractivity contribution in [2.45, 2.75) is 12.8 Å². The van der Waals surface area contributed by atoms with E-state index < -0.39 is 0 Å². The summed E-state index contributed by atoms with van der Waals surface area (Å²) in [6.07, 6.45) is 4.26. The quantitative estimate of drug-likeness (QED) is 0.732. The number of pyridine rings is 1. The van der Waals surface area contributed by atoms with Gasteiger partial charge in [-0.1, -0.05) is 0 Å². The monoisotopic (exact) mass is 238 g/mol. The first-order valence-electron chi connectivity index (χ1n) is 5.34. The third-order valence-electron chi connectivity index (χ3n) is 2.62. The van der Waals surface area contributed by atoms with Gasteiger partial charge in [-0.15, -0.1) is 9.77 Å². The Balaban J connectivity index is 1.73. The van der Waals surface area contributed by atoms with Crippen LogP contribution in [0.1, 0.15) is 12.8 Å². The minimum atomic E-state index is -0.209. The Hall–Kier alpha value is -1.26. The van der Waals surface area contributed by atoms with Crippen LogP contribution < -0.4 is 4.62 Å². The van der Waals surface area contributed by atoms with Gasteiger partial charge in [-0.05, 0) is 35.0 Å². The van der Waals surface area contributed by atoms with Crippen LogP contribution in [0.25, 0.3) is 11.2 Å². The zero-order chi connectivity index (χ0) is 10.8. The Bertz CT molecular complexity index is 481. The first-order chi connectivity index (χ1) is 7.93. The summed E-state index contributed by atoms with van der Waals surface area (Å²) in [6, 6.07) is 3.72. The van der Waals surface area contributed by atoms with Crippen molar-refractivity contribution in [1.82, 2.24) is 24.8 Å². The lowest BCUT2D eigenvalue weighted by Crippen LogP contribution is -2.14. The fourth-order valence-electron chi connectivity index (χ4n) is 1.77. The highest BCUT2D eigenvalue weighted by atomic mass is 31.1. The Morgan fingerprint density at radius 3 is 3.06 bits per heavy atom. The molecule has 1 unspecified atom stereocenters. The van der Waals surface area contributed by atoms with E-state index in [1.54, 1.807) is 6.20 Å². The van der Waals surface area contributed by atoms with Crippen LogP contribution in [-0.2, 0) is 0 Å². The summed E-state index contributed by atoms with van der Waals surface area (Å²) in [5.74, 6) is 0. The largest absolute Gasteiger partial charge is 0.269 e. The number of rotatable bonds is 3. The van der Waals surface area contributed by atoms with Crippen LogP contribution in [0.2, 0.25) is 0 Å². The molecular weight excluding hydrogens is 225 g/mol. The van der Waals surface area contributed by atoms with Gasteiger partial charge in [0.2, 0.25) is 5.65 Å². The van der Waals surface area contributed by atoms with E-state index in [4.69, 9.17) is 4.62 Å². The molecule has 0 radical (unpaired) electrons. The van der Waals surface area contributed by atoms with Crippen molar-refractivity contribution in [3.8, 4) is 0 Å². The SMILES string of the molecule is c1cnc2c(c1)nnn2O[PH2+]N1CCCC1. The van der Waals surface area contributed by atoms with Crippen molar-refractivity contribution >= 4 is 20.1 Å². The van der Waals surface area contributed by atoms with E-state index >= 15 is 0 Å². The van der Waals surface area contributed by atoms with Crippen LogP contribution in [-0.4, -0.2) is 37.9 Å². The predicted molar refractivity (Wildman–Crippen MR) is 62.4 cm³/mol. The summed E-state index contributed by atoms with van der Waals surface area (Å²) in [7, 11) is -0.209. The number of hydrogen-bond acceptors (Lipinski definition) is 5. The minimum absolute atomic E-state index is 0.209. The third kappa shape index (κ3) is 1.86. The lowest BCUT2D eigenvalue weighted by Gasteiger charge is -2.05. The summed E-state index contributed by atoms with van der Waals surface area (Å²) in [5, 5.41) is 7.92. The van der Waals surface area contributed by atoms with E-state index in [9.17, 15) is 0 Å². The highest BCUT2D eigenvalue weighted by Gasteiger charge is 2.19. The van der Waals surface area contributed by atoms with Crippen molar-refractivity contribution < 1.29 is 4.62 Å². The van der Waals surface area contributed by atoms with E-state index in [0.29, 0.717) is 5.65 Å². The molecule has 3 rings (SSSR count). The predicted octanol–water partition coefficient (Wildman–Crippen LogP) is 0.591. The Morgan fingerprint density at radius 1 is 1.31 bits per heavy atom. The topological polar surface area (TPSA) is 56.1 Å². The molecule has 1 aliphatic heterocycles. The molecule has 1 aliphatic rings. The molecule has 0 spiro atoms. The molecule has 0 aromatic carbocycles. The number of nitrogens with zero attached hydrogens (tertiary/aromatic N) is 5. The number of aromatic nitrogens is 4. The van der Waals surface area contributed by atoms with Gasteiger partial charge in [0, 0.05) is 19.3 Å². The molecule has 1 saturated heterocycles. The maximum atomic E-state index is 5.63. The molecule has 1 fully saturated rings. The smallest absolute Gasteiger partial charge is 0.232 e. The van der Waals surface area contributed by atoms with E-state index in [-0.39, 0.29) is 8.96 Å². The molecular formula is C9H13N5OP+. The zero-order valence-corrected chi connectivity index (χ0v) is 9.94. The second-order valence-electron chi connectivity index (χ2n) is 3.76. The molecule has 3 heterocycles. The molecule has 0 saturated carbocycles. The summed E-state index contributed by atoms with van der Waals surface area (Å²) in [6.45, 7) is 2.27. The second kappa shape index (κ2) is 4.31. The third-order valence-corrected chi connectivity index (χ3v) is 3.73. The molecule has 2 aromatic heterocycles. The van der Waals surface area contributed by atoms with Gasteiger partial charge < -0.3 is 0 Å². The fraction of sp³-hybridized carbons (Fsp3) is 0.444. The maximum Gasteiger partial charge on any atom is 0.269 e. The van der Waals surface area contributed by atoms with Crippen molar-refractivity contribution in [3.63, 3.8) is 0 Å².